The monoisotopic (exact) mass is 288 g/mol. The van der Waals surface area contributed by atoms with Gasteiger partial charge in [0.05, 0.1) is 0 Å². The summed E-state index contributed by atoms with van der Waals surface area (Å²) in [5.74, 6) is -1.87. The van der Waals surface area contributed by atoms with Gasteiger partial charge < -0.3 is 20.8 Å². The molecule has 0 aromatic heterocycles. The second-order valence-electron chi connectivity index (χ2n) is 5.09. The van der Waals surface area contributed by atoms with Crippen LogP contribution in [-0.2, 0) is 9.59 Å². The van der Waals surface area contributed by atoms with Gasteiger partial charge in [0.25, 0.3) is 0 Å². The van der Waals surface area contributed by atoms with Crippen molar-refractivity contribution in [3.63, 3.8) is 0 Å². The molecule has 0 saturated heterocycles. The van der Waals surface area contributed by atoms with Crippen LogP contribution in [0.1, 0.15) is 46.5 Å². The van der Waals surface area contributed by atoms with E-state index in [9.17, 15) is 14.4 Å². The van der Waals surface area contributed by atoms with Crippen LogP contribution in [0, 0.1) is 5.92 Å². The van der Waals surface area contributed by atoms with Crippen LogP contribution in [0.3, 0.4) is 0 Å². The van der Waals surface area contributed by atoms with E-state index in [2.05, 4.69) is 24.5 Å². The predicted octanol–water partition coefficient (Wildman–Crippen LogP) is 1.43. The highest BCUT2D eigenvalue weighted by atomic mass is 16.4. The fourth-order valence-corrected chi connectivity index (χ4v) is 1.78. The number of hydrogen-bond acceptors (Lipinski definition) is 3. The minimum Gasteiger partial charge on any atom is -0.481 e. The number of aliphatic carboxylic acids is 2. The van der Waals surface area contributed by atoms with E-state index >= 15 is 0 Å². The largest absolute Gasteiger partial charge is 0.481 e. The van der Waals surface area contributed by atoms with Crippen LogP contribution < -0.4 is 10.6 Å². The number of hydrogen-bond donors (Lipinski definition) is 4. The van der Waals surface area contributed by atoms with Gasteiger partial charge in [-0.25, -0.2) is 9.59 Å². The van der Waals surface area contributed by atoms with Crippen LogP contribution >= 0.6 is 0 Å². The summed E-state index contributed by atoms with van der Waals surface area (Å²) in [4.78, 5) is 33.0. The van der Waals surface area contributed by atoms with Gasteiger partial charge in [-0.1, -0.05) is 20.3 Å². The number of urea groups is 1. The minimum atomic E-state index is -1.24. The van der Waals surface area contributed by atoms with Crippen molar-refractivity contribution in [1.82, 2.24) is 10.6 Å². The van der Waals surface area contributed by atoms with E-state index in [-0.39, 0.29) is 18.9 Å². The Morgan fingerprint density at radius 3 is 2.15 bits per heavy atom. The Labute approximate surface area is 118 Å². The third-order valence-corrected chi connectivity index (χ3v) is 3.08. The number of carboxylic acids is 2. The average molecular weight is 288 g/mol. The van der Waals surface area contributed by atoms with Gasteiger partial charge in [0.1, 0.15) is 6.04 Å². The van der Waals surface area contributed by atoms with Gasteiger partial charge >= 0.3 is 18.0 Å². The Bertz CT molecular complexity index is 346. The summed E-state index contributed by atoms with van der Waals surface area (Å²) >= 11 is 0. The first-order valence-corrected chi connectivity index (χ1v) is 6.77. The average Bonchev–Trinajstić information content (AvgIpc) is 2.33. The van der Waals surface area contributed by atoms with Crippen LogP contribution in [-0.4, -0.2) is 40.3 Å². The molecule has 0 fully saturated rings. The summed E-state index contributed by atoms with van der Waals surface area (Å²) in [6.45, 7) is 5.98. The quantitative estimate of drug-likeness (QED) is 0.512. The van der Waals surface area contributed by atoms with Gasteiger partial charge in [0.15, 0.2) is 0 Å². The maximum Gasteiger partial charge on any atom is 0.326 e. The minimum absolute atomic E-state index is 0.0705. The van der Waals surface area contributed by atoms with Gasteiger partial charge in [0, 0.05) is 12.5 Å². The van der Waals surface area contributed by atoms with Gasteiger partial charge in [-0.15, -0.1) is 0 Å². The molecule has 0 bridgehead atoms. The molecule has 0 aromatic rings. The Kier molecular flexibility index (Phi) is 8.35. The van der Waals surface area contributed by atoms with E-state index in [1.165, 1.54) is 0 Å². The highest BCUT2D eigenvalue weighted by Gasteiger charge is 2.21. The van der Waals surface area contributed by atoms with Crippen LogP contribution in [0.2, 0.25) is 0 Å². The summed E-state index contributed by atoms with van der Waals surface area (Å²) in [7, 11) is 0. The van der Waals surface area contributed by atoms with Crippen molar-refractivity contribution in [3.05, 3.63) is 0 Å². The lowest BCUT2D eigenvalue weighted by atomic mass is 10.0. The number of carbonyl (C=O) groups is 3. The molecule has 0 aliphatic heterocycles. The van der Waals surface area contributed by atoms with Crippen molar-refractivity contribution in [2.45, 2.75) is 58.5 Å². The van der Waals surface area contributed by atoms with Crippen LogP contribution in [0.5, 0.6) is 0 Å². The molecule has 7 nitrogen and oxygen atoms in total. The molecule has 0 spiro atoms. The van der Waals surface area contributed by atoms with Crippen molar-refractivity contribution in [2.24, 2.45) is 5.92 Å². The molecule has 7 heteroatoms. The molecule has 3 atom stereocenters. The first-order valence-electron chi connectivity index (χ1n) is 6.77. The molecule has 3 unspecified atom stereocenters. The Morgan fingerprint density at radius 2 is 1.70 bits per heavy atom. The highest BCUT2D eigenvalue weighted by Crippen LogP contribution is 2.09. The van der Waals surface area contributed by atoms with Crippen molar-refractivity contribution >= 4 is 18.0 Å². The van der Waals surface area contributed by atoms with Crippen LogP contribution in [0.15, 0.2) is 0 Å². The number of rotatable bonds is 9. The second-order valence-corrected chi connectivity index (χ2v) is 5.09. The van der Waals surface area contributed by atoms with Gasteiger partial charge in [-0.05, 0) is 25.7 Å². The van der Waals surface area contributed by atoms with E-state index in [1.807, 2.05) is 6.92 Å². The zero-order valence-corrected chi connectivity index (χ0v) is 12.2. The number of carboxylic acid groups (broad SMARTS) is 2. The van der Waals surface area contributed by atoms with Crippen molar-refractivity contribution in [3.8, 4) is 0 Å². The molecule has 0 radical (unpaired) electrons. The Hall–Kier alpha value is -1.79. The van der Waals surface area contributed by atoms with E-state index in [0.29, 0.717) is 5.92 Å². The van der Waals surface area contributed by atoms with Crippen molar-refractivity contribution < 1.29 is 24.6 Å². The molecule has 0 aliphatic carbocycles. The molecule has 0 saturated carbocycles. The predicted molar refractivity (Wildman–Crippen MR) is 73.5 cm³/mol. The maximum absolute atomic E-state index is 11.6. The lowest BCUT2D eigenvalue weighted by molar-refractivity contribution is -0.140. The summed E-state index contributed by atoms with van der Waals surface area (Å²) < 4.78 is 0. The Morgan fingerprint density at radius 1 is 1.10 bits per heavy atom. The Balaban J connectivity index is 4.25. The zero-order chi connectivity index (χ0) is 15.7. The zero-order valence-electron chi connectivity index (χ0n) is 12.2. The van der Waals surface area contributed by atoms with Gasteiger partial charge in [-0.2, -0.15) is 0 Å². The molecule has 0 aliphatic rings. The standard InChI is InChI=1S/C13H24N2O5/c1-4-8(2)7-9(3)14-13(20)15-10(12(18)19)5-6-11(16)17/h8-10H,4-7H2,1-3H3,(H,16,17)(H,18,19)(H2,14,15,20). The SMILES string of the molecule is CCC(C)CC(C)NC(=O)NC(CCC(=O)O)C(=O)O. The molecule has 20 heavy (non-hydrogen) atoms. The molecular formula is C13H24N2O5. The second kappa shape index (κ2) is 9.17. The fraction of sp³-hybridized carbons (Fsp3) is 0.769. The summed E-state index contributed by atoms with van der Waals surface area (Å²) in [5.41, 5.74) is 0. The van der Waals surface area contributed by atoms with E-state index in [4.69, 9.17) is 10.2 Å². The normalized spacial score (nSPS) is 14.9. The molecular weight excluding hydrogens is 264 g/mol. The van der Waals surface area contributed by atoms with Crippen molar-refractivity contribution in [1.29, 1.82) is 0 Å². The van der Waals surface area contributed by atoms with Crippen LogP contribution in [0.4, 0.5) is 4.79 Å². The molecule has 116 valence electrons. The summed E-state index contributed by atoms with van der Waals surface area (Å²) in [6.07, 6.45) is 1.36. The number of amides is 2. The smallest absolute Gasteiger partial charge is 0.326 e. The van der Waals surface area contributed by atoms with Crippen LogP contribution in [0.25, 0.3) is 0 Å². The molecule has 0 heterocycles. The summed E-state index contributed by atoms with van der Waals surface area (Å²) in [5, 5.41) is 22.4. The number of carbonyl (C=O) groups excluding carboxylic acids is 1. The van der Waals surface area contributed by atoms with Gasteiger partial charge in [0.2, 0.25) is 0 Å². The maximum atomic E-state index is 11.6. The highest BCUT2D eigenvalue weighted by molar-refractivity contribution is 5.83. The topological polar surface area (TPSA) is 116 Å². The summed E-state index contributed by atoms with van der Waals surface area (Å²) in [6, 6.07) is -1.85. The third kappa shape index (κ3) is 8.34. The molecule has 0 rings (SSSR count). The van der Waals surface area contributed by atoms with E-state index < -0.39 is 24.0 Å². The van der Waals surface area contributed by atoms with Gasteiger partial charge in [-0.3, -0.25) is 4.79 Å². The molecule has 4 N–H and O–H groups in total. The van der Waals surface area contributed by atoms with Crippen molar-refractivity contribution in [2.75, 3.05) is 0 Å². The lowest BCUT2D eigenvalue weighted by Gasteiger charge is -2.20. The first-order chi connectivity index (χ1) is 9.26. The van der Waals surface area contributed by atoms with E-state index in [1.54, 1.807) is 0 Å². The molecule has 0 aromatic carbocycles. The number of nitrogens with one attached hydrogen (secondary N) is 2. The third-order valence-electron chi connectivity index (χ3n) is 3.08. The first kappa shape index (κ1) is 18.2. The fourth-order valence-electron chi connectivity index (χ4n) is 1.78. The van der Waals surface area contributed by atoms with E-state index in [0.717, 1.165) is 12.8 Å². The molecule has 2 amide bonds. The lowest BCUT2D eigenvalue weighted by Crippen LogP contribution is -2.48.